The Morgan fingerprint density at radius 1 is 1.20 bits per heavy atom. The molecule has 2 aromatic rings. The Balaban J connectivity index is 1.82. The highest BCUT2D eigenvalue weighted by Gasteiger charge is 2.29. The number of pyridine rings is 1. The summed E-state index contributed by atoms with van der Waals surface area (Å²) in [5, 5.41) is 0. The number of ether oxygens (including phenoxy) is 2. The van der Waals surface area contributed by atoms with E-state index in [-0.39, 0.29) is 6.23 Å². The maximum absolute atomic E-state index is 5.88. The molecule has 2 fully saturated rings. The zero-order valence-electron chi connectivity index (χ0n) is 11.5. The summed E-state index contributed by atoms with van der Waals surface area (Å²) in [6.45, 7) is 2.46. The van der Waals surface area contributed by atoms with E-state index in [9.17, 15) is 0 Å². The summed E-state index contributed by atoms with van der Waals surface area (Å²) in [6.07, 6.45) is 6.31. The number of hydrogen-bond acceptors (Lipinski definition) is 4. The standard InChI is InChI=1S/C15H19N3O2/c1-5-12-15(16-7-1)18(13-6-3-9-20-13)14(17-12)11-4-2-8-19-10-11/h1,5,7,11,13H,2-4,6,8-10H2. The van der Waals surface area contributed by atoms with Crippen LogP contribution in [-0.2, 0) is 9.47 Å². The van der Waals surface area contributed by atoms with Crippen LogP contribution in [0.25, 0.3) is 11.2 Å². The van der Waals surface area contributed by atoms with Gasteiger partial charge in [-0.15, -0.1) is 0 Å². The molecule has 2 aliphatic rings. The Morgan fingerprint density at radius 3 is 2.95 bits per heavy atom. The first-order valence-electron chi connectivity index (χ1n) is 7.45. The summed E-state index contributed by atoms with van der Waals surface area (Å²) in [4.78, 5) is 9.34. The van der Waals surface area contributed by atoms with E-state index >= 15 is 0 Å². The lowest BCUT2D eigenvalue weighted by atomic mass is 10.0. The molecule has 2 saturated heterocycles. The summed E-state index contributed by atoms with van der Waals surface area (Å²) in [7, 11) is 0. The van der Waals surface area contributed by atoms with Crippen LogP contribution < -0.4 is 0 Å². The second-order valence-electron chi connectivity index (χ2n) is 5.57. The van der Waals surface area contributed by atoms with E-state index in [1.165, 1.54) is 0 Å². The van der Waals surface area contributed by atoms with Crippen molar-refractivity contribution in [3.8, 4) is 0 Å². The van der Waals surface area contributed by atoms with E-state index < -0.39 is 0 Å². The maximum atomic E-state index is 5.88. The van der Waals surface area contributed by atoms with Crippen molar-refractivity contribution < 1.29 is 9.47 Å². The largest absolute Gasteiger partial charge is 0.381 e. The third-order valence-electron chi connectivity index (χ3n) is 4.20. The molecule has 2 aromatic heterocycles. The minimum absolute atomic E-state index is 0.0897. The van der Waals surface area contributed by atoms with E-state index in [1.807, 2.05) is 18.3 Å². The van der Waals surface area contributed by atoms with Gasteiger partial charge in [-0.1, -0.05) is 0 Å². The number of rotatable bonds is 2. The van der Waals surface area contributed by atoms with Gasteiger partial charge in [-0.25, -0.2) is 9.97 Å². The number of fused-ring (bicyclic) bond motifs is 1. The lowest BCUT2D eigenvalue weighted by Gasteiger charge is -2.24. The number of hydrogen-bond donors (Lipinski definition) is 0. The van der Waals surface area contributed by atoms with Gasteiger partial charge in [0, 0.05) is 25.3 Å². The van der Waals surface area contributed by atoms with Crippen molar-refractivity contribution in [1.29, 1.82) is 0 Å². The third-order valence-corrected chi connectivity index (χ3v) is 4.20. The number of aromatic nitrogens is 3. The molecule has 0 N–H and O–H groups in total. The third kappa shape index (κ3) is 2.01. The predicted octanol–water partition coefficient (Wildman–Crippen LogP) is 2.63. The van der Waals surface area contributed by atoms with Crippen molar-refractivity contribution in [3.63, 3.8) is 0 Å². The maximum Gasteiger partial charge on any atom is 0.162 e. The molecular weight excluding hydrogens is 254 g/mol. The minimum atomic E-state index is 0.0897. The zero-order valence-corrected chi connectivity index (χ0v) is 11.5. The molecule has 0 amide bonds. The van der Waals surface area contributed by atoms with Crippen LogP contribution in [0.3, 0.4) is 0 Å². The second-order valence-corrected chi connectivity index (χ2v) is 5.57. The fraction of sp³-hybridized carbons (Fsp3) is 0.600. The van der Waals surface area contributed by atoms with Gasteiger partial charge in [0.2, 0.25) is 0 Å². The summed E-state index contributed by atoms with van der Waals surface area (Å²) in [6, 6.07) is 3.97. The van der Waals surface area contributed by atoms with E-state index in [1.54, 1.807) is 0 Å². The topological polar surface area (TPSA) is 49.2 Å². The molecule has 2 atom stereocenters. The molecule has 106 valence electrons. The first kappa shape index (κ1) is 12.3. The molecule has 0 spiro atoms. The summed E-state index contributed by atoms with van der Waals surface area (Å²) < 4.78 is 13.7. The van der Waals surface area contributed by atoms with Crippen LogP contribution in [0.4, 0.5) is 0 Å². The molecule has 20 heavy (non-hydrogen) atoms. The van der Waals surface area contributed by atoms with E-state index in [4.69, 9.17) is 14.5 Å². The highest BCUT2D eigenvalue weighted by molar-refractivity contribution is 5.71. The molecule has 2 aliphatic heterocycles. The van der Waals surface area contributed by atoms with Crippen LogP contribution in [0.2, 0.25) is 0 Å². The molecule has 0 saturated carbocycles. The molecule has 2 unspecified atom stereocenters. The minimum Gasteiger partial charge on any atom is -0.381 e. The van der Waals surface area contributed by atoms with E-state index in [2.05, 4.69) is 9.55 Å². The van der Waals surface area contributed by atoms with Crippen LogP contribution >= 0.6 is 0 Å². The molecule has 0 bridgehead atoms. The van der Waals surface area contributed by atoms with Gasteiger partial charge in [-0.3, -0.25) is 4.57 Å². The summed E-state index contributed by atoms with van der Waals surface area (Å²) in [5.41, 5.74) is 1.91. The molecule has 0 radical (unpaired) electrons. The highest BCUT2D eigenvalue weighted by Crippen LogP contribution is 2.33. The van der Waals surface area contributed by atoms with Gasteiger partial charge >= 0.3 is 0 Å². The monoisotopic (exact) mass is 273 g/mol. The molecule has 0 aromatic carbocycles. The van der Waals surface area contributed by atoms with E-state index in [0.29, 0.717) is 5.92 Å². The molecule has 4 heterocycles. The van der Waals surface area contributed by atoms with Crippen molar-refractivity contribution in [2.24, 2.45) is 0 Å². The smallest absolute Gasteiger partial charge is 0.162 e. The second kappa shape index (κ2) is 5.14. The van der Waals surface area contributed by atoms with Crippen molar-refractivity contribution in [1.82, 2.24) is 14.5 Å². The Hall–Kier alpha value is -1.46. The van der Waals surface area contributed by atoms with Gasteiger partial charge in [-0.2, -0.15) is 0 Å². The highest BCUT2D eigenvalue weighted by atomic mass is 16.5. The van der Waals surface area contributed by atoms with Gasteiger partial charge in [0.05, 0.1) is 6.61 Å². The molecule has 5 heteroatoms. The van der Waals surface area contributed by atoms with Gasteiger partial charge in [0.1, 0.15) is 17.6 Å². The number of imidazole rings is 1. The van der Waals surface area contributed by atoms with E-state index in [0.717, 1.165) is 62.5 Å². The van der Waals surface area contributed by atoms with Crippen molar-refractivity contribution in [2.75, 3.05) is 19.8 Å². The Bertz CT molecular complexity index is 598. The fourth-order valence-corrected chi connectivity index (χ4v) is 3.23. The van der Waals surface area contributed by atoms with Crippen LogP contribution in [0.1, 0.15) is 43.7 Å². The summed E-state index contributed by atoms with van der Waals surface area (Å²) >= 11 is 0. The number of nitrogens with zero attached hydrogens (tertiary/aromatic N) is 3. The van der Waals surface area contributed by atoms with Crippen molar-refractivity contribution >= 4 is 11.2 Å². The first-order chi connectivity index (χ1) is 9.93. The van der Waals surface area contributed by atoms with Crippen molar-refractivity contribution in [3.05, 3.63) is 24.2 Å². The normalized spacial score (nSPS) is 27.2. The quantitative estimate of drug-likeness (QED) is 0.844. The van der Waals surface area contributed by atoms with Crippen LogP contribution in [0, 0.1) is 0 Å². The fourth-order valence-electron chi connectivity index (χ4n) is 3.23. The SMILES string of the molecule is c1cnc2c(c1)nc(C1CCCOC1)n2C1CCCO1. The van der Waals surface area contributed by atoms with Gasteiger partial charge < -0.3 is 9.47 Å². The molecular formula is C15H19N3O2. The molecule has 0 aliphatic carbocycles. The van der Waals surface area contributed by atoms with Gasteiger partial charge in [0.25, 0.3) is 0 Å². The zero-order chi connectivity index (χ0) is 13.4. The Kier molecular flexibility index (Phi) is 3.16. The molecule has 5 nitrogen and oxygen atoms in total. The lowest BCUT2D eigenvalue weighted by molar-refractivity contribution is 0.0464. The van der Waals surface area contributed by atoms with Crippen molar-refractivity contribution in [2.45, 2.75) is 37.8 Å². The lowest BCUT2D eigenvalue weighted by Crippen LogP contribution is -2.21. The Morgan fingerprint density at radius 2 is 2.15 bits per heavy atom. The van der Waals surface area contributed by atoms with Crippen LogP contribution in [0.5, 0.6) is 0 Å². The Labute approximate surface area is 117 Å². The van der Waals surface area contributed by atoms with Crippen LogP contribution in [0.15, 0.2) is 18.3 Å². The van der Waals surface area contributed by atoms with Crippen LogP contribution in [-0.4, -0.2) is 34.4 Å². The average Bonchev–Trinajstić information content (AvgIpc) is 3.14. The summed E-state index contributed by atoms with van der Waals surface area (Å²) in [5.74, 6) is 1.45. The van der Waals surface area contributed by atoms with Gasteiger partial charge in [-0.05, 0) is 37.8 Å². The average molecular weight is 273 g/mol. The predicted molar refractivity (Wildman–Crippen MR) is 74.5 cm³/mol. The van der Waals surface area contributed by atoms with Gasteiger partial charge in [0.15, 0.2) is 5.65 Å². The molecule has 4 rings (SSSR count). The first-order valence-corrected chi connectivity index (χ1v) is 7.45.